The number of likely N-dealkylation sites (tertiary alicyclic amines) is 1. The highest BCUT2D eigenvalue weighted by Gasteiger charge is 2.30. The summed E-state index contributed by atoms with van der Waals surface area (Å²) in [5.74, 6) is 3.31. The Morgan fingerprint density at radius 3 is 2.83 bits per heavy atom. The van der Waals surface area contributed by atoms with Crippen LogP contribution in [0.2, 0.25) is 0 Å². The molecule has 1 aromatic heterocycles. The lowest BCUT2D eigenvalue weighted by Gasteiger charge is -2.23. The molecule has 3 rings (SSSR count). The van der Waals surface area contributed by atoms with Gasteiger partial charge in [0, 0.05) is 46.1 Å². The number of aromatic nitrogens is 3. The highest BCUT2D eigenvalue weighted by atomic mass is 15.3. The molecule has 0 amide bonds. The minimum Gasteiger partial charge on any atom is -0.356 e. The van der Waals surface area contributed by atoms with E-state index in [1.807, 2.05) is 7.05 Å². The third kappa shape index (κ3) is 3.85. The van der Waals surface area contributed by atoms with Crippen molar-refractivity contribution in [2.24, 2.45) is 10.4 Å². The maximum Gasteiger partial charge on any atom is 0.193 e. The lowest BCUT2D eigenvalue weighted by molar-refractivity contribution is 0.370. The fraction of sp³-hybridized carbons (Fsp3) is 0.824. The minimum atomic E-state index is 0.391. The van der Waals surface area contributed by atoms with E-state index in [1.54, 1.807) is 0 Å². The van der Waals surface area contributed by atoms with Gasteiger partial charge in [0.1, 0.15) is 11.6 Å². The van der Waals surface area contributed by atoms with E-state index in [-0.39, 0.29) is 0 Å². The fourth-order valence-electron chi connectivity index (χ4n) is 3.64. The molecule has 0 radical (unpaired) electrons. The van der Waals surface area contributed by atoms with Crippen molar-refractivity contribution in [2.45, 2.75) is 58.9 Å². The molecular formula is C17H30N6. The van der Waals surface area contributed by atoms with E-state index in [0.717, 1.165) is 50.8 Å². The van der Waals surface area contributed by atoms with Gasteiger partial charge in [0.05, 0.1) is 0 Å². The Labute approximate surface area is 139 Å². The van der Waals surface area contributed by atoms with Crippen LogP contribution in [-0.4, -0.2) is 52.3 Å². The first kappa shape index (κ1) is 16.3. The van der Waals surface area contributed by atoms with E-state index in [9.17, 15) is 0 Å². The summed E-state index contributed by atoms with van der Waals surface area (Å²) in [6.45, 7) is 8.76. The van der Waals surface area contributed by atoms with Crippen molar-refractivity contribution in [1.29, 1.82) is 0 Å². The summed E-state index contributed by atoms with van der Waals surface area (Å²) in [4.78, 5) is 6.81. The number of aryl methyl sites for hydroxylation is 1. The second kappa shape index (κ2) is 6.89. The number of fused-ring (bicyclic) bond motifs is 1. The second-order valence-electron chi connectivity index (χ2n) is 7.55. The van der Waals surface area contributed by atoms with Gasteiger partial charge in [-0.3, -0.25) is 4.99 Å². The van der Waals surface area contributed by atoms with Crippen molar-refractivity contribution in [3.05, 3.63) is 11.6 Å². The summed E-state index contributed by atoms with van der Waals surface area (Å²) in [6.07, 6.45) is 7.00. The Morgan fingerprint density at radius 2 is 2.09 bits per heavy atom. The molecule has 128 valence electrons. The number of nitrogens with one attached hydrogen (secondary N) is 1. The highest BCUT2D eigenvalue weighted by molar-refractivity contribution is 5.80. The van der Waals surface area contributed by atoms with Crippen molar-refractivity contribution in [3.63, 3.8) is 0 Å². The summed E-state index contributed by atoms with van der Waals surface area (Å²) in [6, 6.07) is 0. The summed E-state index contributed by atoms with van der Waals surface area (Å²) >= 11 is 0. The molecule has 2 aliphatic heterocycles. The highest BCUT2D eigenvalue weighted by Crippen LogP contribution is 2.28. The SMILES string of the molecule is CN=C(NCCc1nnc2n1CCCCC2)N1CCC(C)(C)C1. The second-order valence-corrected chi connectivity index (χ2v) is 7.55. The molecular weight excluding hydrogens is 288 g/mol. The molecule has 0 bridgehead atoms. The van der Waals surface area contributed by atoms with E-state index in [1.165, 1.54) is 31.5 Å². The number of aliphatic imine (C=N–C) groups is 1. The van der Waals surface area contributed by atoms with Gasteiger partial charge < -0.3 is 14.8 Å². The molecule has 0 aromatic carbocycles. The van der Waals surface area contributed by atoms with Gasteiger partial charge in [0.2, 0.25) is 0 Å². The molecule has 6 heteroatoms. The standard InChI is InChI=1S/C17H30N6/c1-17(2)9-12-22(13-17)16(18-3)19-10-8-15-21-20-14-7-5-4-6-11-23(14)15/h4-13H2,1-3H3,(H,18,19). The van der Waals surface area contributed by atoms with Crippen LogP contribution >= 0.6 is 0 Å². The molecule has 0 spiro atoms. The van der Waals surface area contributed by atoms with Gasteiger partial charge in [0.25, 0.3) is 0 Å². The van der Waals surface area contributed by atoms with Crippen molar-refractivity contribution >= 4 is 5.96 Å². The Bertz CT molecular complexity index is 559. The van der Waals surface area contributed by atoms with Gasteiger partial charge in [-0.1, -0.05) is 20.3 Å². The predicted molar refractivity (Wildman–Crippen MR) is 92.6 cm³/mol. The van der Waals surface area contributed by atoms with E-state index in [2.05, 4.69) is 43.8 Å². The van der Waals surface area contributed by atoms with E-state index < -0.39 is 0 Å². The third-order valence-electron chi connectivity index (χ3n) is 5.01. The Hall–Kier alpha value is -1.59. The summed E-state index contributed by atoms with van der Waals surface area (Å²) in [5, 5.41) is 12.3. The van der Waals surface area contributed by atoms with Crippen LogP contribution in [0.25, 0.3) is 0 Å². The van der Waals surface area contributed by atoms with Crippen LogP contribution in [0.15, 0.2) is 4.99 Å². The predicted octanol–water partition coefficient (Wildman–Crippen LogP) is 1.85. The molecule has 6 nitrogen and oxygen atoms in total. The monoisotopic (exact) mass is 318 g/mol. The summed E-state index contributed by atoms with van der Waals surface area (Å²) in [7, 11) is 1.87. The number of guanidine groups is 1. The largest absolute Gasteiger partial charge is 0.356 e. The lowest BCUT2D eigenvalue weighted by Crippen LogP contribution is -2.41. The third-order valence-corrected chi connectivity index (χ3v) is 5.01. The topological polar surface area (TPSA) is 58.3 Å². The van der Waals surface area contributed by atoms with Gasteiger partial charge in [-0.05, 0) is 24.7 Å². The average Bonchev–Trinajstić information content (AvgIpc) is 2.98. The molecule has 23 heavy (non-hydrogen) atoms. The van der Waals surface area contributed by atoms with Crippen LogP contribution < -0.4 is 5.32 Å². The van der Waals surface area contributed by atoms with Gasteiger partial charge in [0.15, 0.2) is 5.96 Å². The molecule has 1 fully saturated rings. The minimum absolute atomic E-state index is 0.391. The number of hydrogen-bond donors (Lipinski definition) is 1. The Kier molecular flexibility index (Phi) is 4.87. The van der Waals surface area contributed by atoms with Crippen molar-refractivity contribution in [2.75, 3.05) is 26.7 Å². The quantitative estimate of drug-likeness (QED) is 0.682. The Balaban J connectivity index is 1.54. The fourth-order valence-corrected chi connectivity index (χ4v) is 3.64. The van der Waals surface area contributed by atoms with Gasteiger partial charge in [-0.25, -0.2) is 0 Å². The van der Waals surface area contributed by atoms with E-state index in [0.29, 0.717) is 5.41 Å². The molecule has 0 aliphatic carbocycles. The number of rotatable bonds is 3. The molecule has 1 N–H and O–H groups in total. The van der Waals surface area contributed by atoms with Gasteiger partial charge in [-0.2, -0.15) is 0 Å². The Morgan fingerprint density at radius 1 is 1.22 bits per heavy atom. The summed E-state index contributed by atoms with van der Waals surface area (Å²) < 4.78 is 2.33. The van der Waals surface area contributed by atoms with Gasteiger partial charge >= 0.3 is 0 Å². The number of nitrogens with zero attached hydrogens (tertiary/aromatic N) is 5. The molecule has 3 heterocycles. The van der Waals surface area contributed by atoms with Gasteiger partial charge in [-0.15, -0.1) is 10.2 Å². The average molecular weight is 318 g/mol. The van der Waals surface area contributed by atoms with E-state index >= 15 is 0 Å². The maximum atomic E-state index is 4.45. The molecule has 2 aliphatic rings. The first-order chi connectivity index (χ1) is 11.1. The van der Waals surface area contributed by atoms with Crippen molar-refractivity contribution < 1.29 is 0 Å². The smallest absolute Gasteiger partial charge is 0.193 e. The maximum absolute atomic E-state index is 4.45. The molecule has 0 saturated carbocycles. The zero-order valence-corrected chi connectivity index (χ0v) is 14.8. The first-order valence-electron chi connectivity index (χ1n) is 8.96. The summed E-state index contributed by atoms with van der Waals surface area (Å²) in [5.41, 5.74) is 0.391. The first-order valence-corrected chi connectivity index (χ1v) is 8.96. The molecule has 1 aromatic rings. The lowest BCUT2D eigenvalue weighted by atomic mass is 9.93. The zero-order chi connectivity index (χ0) is 16.3. The van der Waals surface area contributed by atoms with Crippen LogP contribution in [0.5, 0.6) is 0 Å². The zero-order valence-electron chi connectivity index (χ0n) is 14.8. The molecule has 0 atom stereocenters. The van der Waals surface area contributed by atoms with E-state index in [4.69, 9.17) is 0 Å². The van der Waals surface area contributed by atoms with Crippen LogP contribution in [0.4, 0.5) is 0 Å². The van der Waals surface area contributed by atoms with Crippen LogP contribution in [-0.2, 0) is 19.4 Å². The van der Waals surface area contributed by atoms with Crippen molar-refractivity contribution in [1.82, 2.24) is 25.0 Å². The van der Waals surface area contributed by atoms with Crippen LogP contribution in [0.3, 0.4) is 0 Å². The molecule has 0 unspecified atom stereocenters. The normalized spacial score (nSPS) is 21.2. The van der Waals surface area contributed by atoms with Crippen molar-refractivity contribution in [3.8, 4) is 0 Å². The van der Waals surface area contributed by atoms with Crippen LogP contribution in [0.1, 0.15) is 51.2 Å². The molecule has 1 saturated heterocycles. The van der Waals surface area contributed by atoms with Crippen LogP contribution in [0, 0.1) is 5.41 Å². The number of hydrogen-bond acceptors (Lipinski definition) is 3.